The maximum Gasteiger partial charge on any atom is 0.183 e. The molecule has 168 valence electrons. The van der Waals surface area contributed by atoms with Gasteiger partial charge in [-0.1, -0.05) is 74.0 Å². The van der Waals surface area contributed by atoms with Crippen molar-refractivity contribution in [3.8, 4) is 0 Å². The van der Waals surface area contributed by atoms with Gasteiger partial charge in [-0.3, -0.25) is 0 Å². The fourth-order valence-corrected chi connectivity index (χ4v) is 3.95. The van der Waals surface area contributed by atoms with Crippen LogP contribution >= 0.6 is 0 Å². The van der Waals surface area contributed by atoms with E-state index in [9.17, 15) is 5.21 Å². The number of hydrogen-bond donors (Lipinski definition) is 0. The van der Waals surface area contributed by atoms with Crippen LogP contribution < -0.4 is 0 Å². The van der Waals surface area contributed by atoms with E-state index < -0.39 is 5.79 Å². The smallest absolute Gasteiger partial charge is 0.183 e. The first kappa shape index (κ1) is 23.5. The van der Waals surface area contributed by atoms with E-state index in [-0.39, 0.29) is 18.1 Å². The van der Waals surface area contributed by atoms with E-state index in [4.69, 9.17) is 14.2 Å². The quantitative estimate of drug-likeness (QED) is 0.161. The van der Waals surface area contributed by atoms with E-state index in [2.05, 4.69) is 19.1 Å². The van der Waals surface area contributed by atoms with Gasteiger partial charge in [0.2, 0.25) is 0 Å². The van der Waals surface area contributed by atoms with Gasteiger partial charge in [-0.15, -0.1) is 0 Å². The Morgan fingerprint density at radius 1 is 1.00 bits per heavy atom. The highest BCUT2D eigenvalue weighted by atomic mass is 16.8. The minimum atomic E-state index is -0.688. The lowest BCUT2D eigenvalue weighted by Crippen LogP contribution is -2.33. The first-order valence-electron chi connectivity index (χ1n) is 11.2. The lowest BCUT2D eigenvalue weighted by Gasteiger charge is -2.22. The molecule has 2 aromatic rings. The third-order valence-electron chi connectivity index (χ3n) is 5.53. The number of rotatable bonds is 11. The summed E-state index contributed by atoms with van der Waals surface area (Å²) in [5.41, 5.74) is 2.18. The summed E-state index contributed by atoms with van der Waals surface area (Å²) in [6, 6.07) is 20.0. The molecule has 31 heavy (non-hydrogen) atoms. The normalized spacial score (nSPS) is 21.8. The van der Waals surface area contributed by atoms with Gasteiger partial charge in [-0.05, 0) is 38.2 Å². The number of nitrogens with zero attached hydrogens (tertiary/aromatic N) is 1. The van der Waals surface area contributed by atoms with Crippen LogP contribution in [0.2, 0.25) is 0 Å². The molecule has 0 aromatic heterocycles. The molecule has 0 amide bonds. The highest BCUT2D eigenvalue weighted by molar-refractivity contribution is 5.59. The average molecular weight is 426 g/mol. The van der Waals surface area contributed by atoms with Gasteiger partial charge < -0.3 is 19.4 Å². The first-order valence-corrected chi connectivity index (χ1v) is 11.2. The molecule has 0 aliphatic carbocycles. The molecule has 5 nitrogen and oxygen atoms in total. The molecular weight excluding hydrogens is 390 g/mol. The Hall–Kier alpha value is -2.21. The van der Waals surface area contributed by atoms with Gasteiger partial charge in [0.25, 0.3) is 0 Å². The molecule has 1 aliphatic heterocycles. The number of hydroxylamine groups is 1. The SMILES string of the molecule is C[C@@H](CCCCOCc1ccccc1)[C@@H]1OC(C)(C)O[C@H]1/C=[N+](\[O-])Cc1ccccc1. The Balaban J connectivity index is 1.45. The minimum Gasteiger partial charge on any atom is -0.624 e. The molecule has 1 saturated heterocycles. The molecule has 0 bridgehead atoms. The van der Waals surface area contributed by atoms with E-state index >= 15 is 0 Å². The molecule has 0 saturated carbocycles. The third-order valence-corrected chi connectivity index (χ3v) is 5.53. The van der Waals surface area contributed by atoms with Gasteiger partial charge in [0.15, 0.2) is 24.7 Å². The van der Waals surface area contributed by atoms with Crippen LogP contribution in [0.5, 0.6) is 0 Å². The van der Waals surface area contributed by atoms with Gasteiger partial charge in [0.1, 0.15) is 0 Å². The van der Waals surface area contributed by atoms with Crippen molar-refractivity contribution in [2.75, 3.05) is 6.61 Å². The van der Waals surface area contributed by atoms with Crippen LogP contribution in [0, 0.1) is 11.1 Å². The molecule has 1 aliphatic rings. The van der Waals surface area contributed by atoms with Crippen molar-refractivity contribution in [1.29, 1.82) is 0 Å². The second kappa shape index (κ2) is 11.4. The van der Waals surface area contributed by atoms with Gasteiger partial charge in [0, 0.05) is 12.2 Å². The van der Waals surface area contributed by atoms with Crippen molar-refractivity contribution in [2.24, 2.45) is 5.92 Å². The van der Waals surface area contributed by atoms with Crippen molar-refractivity contribution in [2.45, 2.75) is 71.2 Å². The third kappa shape index (κ3) is 7.76. The fraction of sp³-hybridized carbons (Fsp3) is 0.500. The Morgan fingerprint density at radius 3 is 2.32 bits per heavy atom. The molecule has 2 aromatic carbocycles. The highest BCUT2D eigenvalue weighted by Gasteiger charge is 2.44. The predicted molar refractivity (Wildman–Crippen MR) is 123 cm³/mol. The number of benzene rings is 2. The molecule has 1 heterocycles. The first-order chi connectivity index (χ1) is 14.9. The second-order valence-corrected chi connectivity index (χ2v) is 8.79. The van der Waals surface area contributed by atoms with Crippen LogP contribution in [0.4, 0.5) is 0 Å². The monoisotopic (exact) mass is 425 g/mol. The van der Waals surface area contributed by atoms with Gasteiger partial charge in [0.05, 0.1) is 12.7 Å². The van der Waals surface area contributed by atoms with Crippen molar-refractivity contribution >= 4 is 6.21 Å². The molecule has 0 radical (unpaired) electrons. The topological polar surface area (TPSA) is 53.8 Å². The summed E-state index contributed by atoms with van der Waals surface area (Å²) in [6.45, 7) is 7.70. The van der Waals surface area contributed by atoms with Crippen LogP contribution in [0.25, 0.3) is 0 Å². The lowest BCUT2D eigenvalue weighted by atomic mass is 9.94. The highest BCUT2D eigenvalue weighted by Crippen LogP contribution is 2.33. The van der Waals surface area contributed by atoms with Crippen LogP contribution in [0.1, 0.15) is 51.2 Å². The van der Waals surface area contributed by atoms with E-state index in [1.165, 1.54) is 5.56 Å². The average Bonchev–Trinajstić information content (AvgIpc) is 3.05. The van der Waals surface area contributed by atoms with E-state index in [1.807, 2.05) is 62.4 Å². The zero-order chi connectivity index (χ0) is 22.1. The Labute approximate surface area is 186 Å². The van der Waals surface area contributed by atoms with Gasteiger partial charge in [-0.2, -0.15) is 0 Å². The molecule has 5 heteroatoms. The van der Waals surface area contributed by atoms with E-state index in [0.717, 1.165) is 36.2 Å². The Bertz CT molecular complexity index is 807. The number of ether oxygens (including phenoxy) is 3. The minimum absolute atomic E-state index is 0.132. The maximum absolute atomic E-state index is 12.5. The molecule has 0 unspecified atom stereocenters. The van der Waals surface area contributed by atoms with Crippen LogP contribution in [0.15, 0.2) is 60.7 Å². The number of unbranched alkanes of at least 4 members (excludes halogenated alkanes) is 1. The molecule has 3 atom stereocenters. The van der Waals surface area contributed by atoms with Crippen LogP contribution in [-0.4, -0.2) is 35.6 Å². The van der Waals surface area contributed by atoms with Crippen molar-refractivity contribution in [3.63, 3.8) is 0 Å². The van der Waals surface area contributed by atoms with E-state index in [1.54, 1.807) is 6.21 Å². The van der Waals surface area contributed by atoms with Crippen LogP contribution in [-0.2, 0) is 27.4 Å². The summed E-state index contributed by atoms with van der Waals surface area (Å²) < 4.78 is 18.9. The molecule has 3 rings (SSSR count). The Kier molecular flexibility index (Phi) is 8.64. The predicted octanol–water partition coefficient (Wildman–Crippen LogP) is 5.31. The van der Waals surface area contributed by atoms with E-state index in [0.29, 0.717) is 13.2 Å². The second-order valence-electron chi connectivity index (χ2n) is 8.79. The van der Waals surface area contributed by atoms with Crippen molar-refractivity contribution in [1.82, 2.24) is 0 Å². The summed E-state index contributed by atoms with van der Waals surface area (Å²) in [5.74, 6) is -0.408. The Morgan fingerprint density at radius 2 is 1.65 bits per heavy atom. The zero-order valence-corrected chi connectivity index (χ0v) is 18.9. The molecule has 0 spiro atoms. The molecule has 1 fully saturated rings. The standard InChI is InChI=1S/C26H35NO4/c1-21(12-10-11-17-29-20-23-15-8-5-9-16-23)25-24(30-26(2,3)31-25)19-27(28)18-22-13-6-4-7-14-22/h4-9,13-16,19,21,24-25H,10-12,17-18,20H2,1-3H3/b27-19-/t21-,24-,25-/m0/s1. The summed E-state index contributed by atoms with van der Waals surface area (Å²) in [5, 5.41) is 12.5. The molecular formula is C26H35NO4. The van der Waals surface area contributed by atoms with Gasteiger partial charge >= 0.3 is 0 Å². The summed E-state index contributed by atoms with van der Waals surface area (Å²) in [7, 11) is 0. The summed E-state index contributed by atoms with van der Waals surface area (Å²) in [6.07, 6.45) is 4.21. The lowest BCUT2D eigenvalue weighted by molar-refractivity contribution is -0.473. The van der Waals surface area contributed by atoms with Crippen molar-refractivity contribution < 1.29 is 18.9 Å². The number of hydrogen-bond acceptors (Lipinski definition) is 4. The maximum atomic E-state index is 12.5. The van der Waals surface area contributed by atoms with Crippen LogP contribution in [0.3, 0.4) is 0 Å². The summed E-state index contributed by atoms with van der Waals surface area (Å²) in [4.78, 5) is 0. The van der Waals surface area contributed by atoms with Crippen molar-refractivity contribution in [3.05, 3.63) is 77.0 Å². The zero-order valence-electron chi connectivity index (χ0n) is 18.9. The fourth-order valence-electron chi connectivity index (χ4n) is 3.95. The largest absolute Gasteiger partial charge is 0.624 e. The summed E-state index contributed by atoms with van der Waals surface area (Å²) >= 11 is 0. The van der Waals surface area contributed by atoms with Gasteiger partial charge in [-0.25, -0.2) is 4.74 Å². The molecule has 0 N–H and O–H groups in total.